The van der Waals surface area contributed by atoms with Crippen molar-refractivity contribution < 1.29 is 55.6 Å². The quantitative estimate of drug-likeness (QED) is 0.0172. The molecule has 6 rings (SSSR count). The first-order valence-electron chi connectivity index (χ1n) is 23.1. The number of nitrogens with two attached hydrogens (primary N) is 2. The second-order valence-electron chi connectivity index (χ2n) is 16.9. The van der Waals surface area contributed by atoms with Crippen LogP contribution in [-0.2, 0) is 44.1 Å². The molecule has 16 heteroatoms. The van der Waals surface area contributed by atoms with Gasteiger partial charge < -0.3 is 39.9 Å². The van der Waals surface area contributed by atoms with Crippen molar-refractivity contribution >= 4 is 35.5 Å². The second kappa shape index (κ2) is 25.9. The van der Waals surface area contributed by atoms with E-state index in [2.05, 4.69) is 0 Å². The summed E-state index contributed by atoms with van der Waals surface area (Å²) in [6, 6.07) is 39.9. The molecular weight excluding hydrogens is 945 g/mol. The maximum Gasteiger partial charge on any atom is 0.426 e. The Labute approximate surface area is 420 Å². The number of halogens is 4. The van der Waals surface area contributed by atoms with Crippen molar-refractivity contribution in [2.24, 2.45) is 5.41 Å². The molecule has 0 saturated carbocycles. The Kier molecular flexibility index (Phi) is 19.0. The van der Waals surface area contributed by atoms with Crippen LogP contribution >= 0.6 is 0 Å². The lowest BCUT2D eigenvalue weighted by atomic mass is 9.77. The van der Waals surface area contributed by atoms with Gasteiger partial charge in [-0.3, -0.25) is 0 Å². The molecule has 0 aliphatic heterocycles. The van der Waals surface area contributed by atoms with Gasteiger partial charge in [0.25, 0.3) is 0 Å². The van der Waals surface area contributed by atoms with Crippen LogP contribution in [0.3, 0.4) is 0 Å². The molecule has 0 amide bonds. The summed E-state index contributed by atoms with van der Waals surface area (Å²) in [5.41, 5.74) is 13.5. The molecule has 6 aromatic carbocycles. The number of alkyl halides is 4. The maximum atomic E-state index is 15.2. The first-order valence-corrected chi connectivity index (χ1v) is 23.1. The van der Waals surface area contributed by atoms with Gasteiger partial charge in [0.15, 0.2) is 0 Å². The summed E-state index contributed by atoms with van der Waals surface area (Å²) >= 11 is 0. The first kappa shape index (κ1) is 53.6. The van der Waals surface area contributed by atoms with Crippen LogP contribution in [0.5, 0.6) is 23.0 Å². The zero-order chi connectivity index (χ0) is 52.1. The van der Waals surface area contributed by atoms with Gasteiger partial charge in [-0.2, -0.15) is 28.1 Å². The molecule has 73 heavy (non-hydrogen) atoms. The number of rotatable bonds is 26. The van der Waals surface area contributed by atoms with Crippen LogP contribution in [0.25, 0.3) is 12.2 Å². The average molecular weight is 997 g/mol. The Hall–Kier alpha value is -8.76. The molecule has 0 atom stereocenters. The van der Waals surface area contributed by atoms with Crippen molar-refractivity contribution in [3.8, 4) is 35.1 Å². The molecule has 0 aliphatic carbocycles. The fourth-order valence-corrected chi connectivity index (χ4v) is 7.20. The lowest BCUT2D eigenvalue weighted by Crippen LogP contribution is -2.38. The number of nitrogens with zero attached hydrogens (tertiary/aromatic N) is 2. The zero-order valence-corrected chi connectivity index (χ0v) is 39.6. The van der Waals surface area contributed by atoms with E-state index in [0.29, 0.717) is 72.9 Å². The number of nitrogen functional groups attached to an aromatic ring is 2. The molecule has 0 aliphatic rings. The second-order valence-corrected chi connectivity index (χ2v) is 16.9. The third-order valence-electron chi connectivity index (χ3n) is 11.0. The van der Waals surface area contributed by atoms with Gasteiger partial charge >= 0.3 is 24.2 Å². The topological polar surface area (TPSA) is 189 Å². The van der Waals surface area contributed by atoms with E-state index in [1.807, 2.05) is 36.4 Å². The number of anilines is 2. The van der Waals surface area contributed by atoms with E-state index >= 15 is 17.6 Å². The normalized spacial score (nSPS) is 11.6. The van der Waals surface area contributed by atoms with E-state index in [9.17, 15) is 9.59 Å². The molecule has 0 aromatic heterocycles. The van der Waals surface area contributed by atoms with Crippen molar-refractivity contribution in [3.05, 3.63) is 191 Å². The molecule has 12 nitrogen and oxygen atoms in total. The van der Waals surface area contributed by atoms with Gasteiger partial charge in [0.05, 0.1) is 36.5 Å². The highest BCUT2D eigenvalue weighted by molar-refractivity contribution is 5.87. The third kappa shape index (κ3) is 17.3. The summed E-state index contributed by atoms with van der Waals surface area (Å²) < 4.78 is 93.3. The Bertz CT molecular complexity index is 2670. The fraction of sp³-hybridized carbons (Fsp3) is 0.228. The van der Waals surface area contributed by atoms with Gasteiger partial charge in [-0.1, -0.05) is 48.5 Å². The molecule has 0 unspecified atom stereocenters. The lowest BCUT2D eigenvalue weighted by Gasteiger charge is -2.33. The lowest BCUT2D eigenvalue weighted by molar-refractivity contribution is -0.186. The fourth-order valence-electron chi connectivity index (χ4n) is 7.20. The van der Waals surface area contributed by atoms with Gasteiger partial charge in [0.1, 0.15) is 36.2 Å². The van der Waals surface area contributed by atoms with Crippen molar-refractivity contribution in [1.82, 2.24) is 0 Å². The highest BCUT2D eigenvalue weighted by atomic mass is 19.3. The molecular formula is C57H52F4N4O8. The third-order valence-corrected chi connectivity index (χ3v) is 11.0. The maximum absolute atomic E-state index is 15.2. The monoisotopic (exact) mass is 996 g/mol. The summed E-state index contributed by atoms with van der Waals surface area (Å²) in [6.07, 6.45) is -0.00210. The van der Waals surface area contributed by atoms with Crippen LogP contribution in [-0.4, -0.2) is 38.4 Å². The van der Waals surface area contributed by atoms with Crippen LogP contribution in [0.2, 0.25) is 0 Å². The number of benzene rings is 6. The summed E-state index contributed by atoms with van der Waals surface area (Å²) in [5, 5.41) is 17.3. The minimum atomic E-state index is -3.69. The summed E-state index contributed by atoms with van der Waals surface area (Å²) in [5.74, 6) is -0.794. The first-order chi connectivity index (χ1) is 35.1. The van der Waals surface area contributed by atoms with Crippen LogP contribution in [0.1, 0.15) is 59.1 Å². The number of esters is 2. The van der Waals surface area contributed by atoms with Gasteiger partial charge in [0.2, 0.25) is 0 Å². The summed E-state index contributed by atoms with van der Waals surface area (Å²) in [6.45, 7) is 0.147. The Morgan fingerprint density at radius 1 is 0.493 bits per heavy atom. The average Bonchev–Trinajstić information content (AvgIpc) is 3.39. The predicted molar refractivity (Wildman–Crippen MR) is 267 cm³/mol. The van der Waals surface area contributed by atoms with Crippen LogP contribution in [0.4, 0.5) is 28.9 Å². The van der Waals surface area contributed by atoms with Crippen molar-refractivity contribution in [3.63, 3.8) is 0 Å². The standard InChI is InChI=1S/C57H52F4N4O8/c58-56(59,72-51-27-23-49(24-28-51)68-35-3-1-33-62)45-15-5-41(6-16-45)13-31-53(66)70-39-55(37-43-9-19-47(64)20-10-43,38-44-11-21-48(65)22-12-44)40-71-54(67)32-14-42-7-17-46(18-8-42)57(60,61)73-52-29-25-50(26-30-52)69-36-4-2-34-63/h5-32H,1-4,35-40,64-65H2/b31-13+,32-14+. The highest BCUT2D eigenvalue weighted by Gasteiger charge is 2.37. The molecule has 0 heterocycles. The number of ether oxygens (including phenoxy) is 6. The van der Waals surface area contributed by atoms with E-state index in [1.165, 1.54) is 109 Å². The number of carbonyl (C=O) groups excluding carboxylic acids is 2. The molecule has 0 spiro atoms. The molecule has 4 N–H and O–H groups in total. The van der Waals surface area contributed by atoms with Crippen LogP contribution in [0.15, 0.2) is 158 Å². The molecule has 0 saturated heterocycles. The molecule has 6 aromatic rings. The van der Waals surface area contributed by atoms with E-state index in [4.69, 9.17) is 50.4 Å². The zero-order valence-electron chi connectivity index (χ0n) is 39.6. The Balaban J connectivity index is 1.10. The van der Waals surface area contributed by atoms with E-state index in [0.717, 1.165) is 23.3 Å². The SMILES string of the molecule is N#CCCCOc1ccc(OC(F)(F)c2ccc(/C=C/C(=O)OCC(COC(=O)/C=C/c3ccc(C(F)(F)Oc4ccc(OCCCC#N)cc4)cc3)(Cc3ccc(N)cc3)Cc3ccc(N)cc3)cc2)cc1. The predicted octanol–water partition coefficient (Wildman–Crippen LogP) is 11.8. The largest absolute Gasteiger partial charge is 0.494 e. The van der Waals surface area contributed by atoms with Crippen molar-refractivity contribution in [1.29, 1.82) is 10.5 Å². The number of hydrogen-bond donors (Lipinski definition) is 2. The number of nitriles is 2. The van der Waals surface area contributed by atoms with Crippen LogP contribution in [0, 0.1) is 28.1 Å². The minimum Gasteiger partial charge on any atom is -0.494 e. The summed E-state index contributed by atoms with van der Waals surface area (Å²) in [7, 11) is 0. The van der Waals surface area contributed by atoms with Gasteiger partial charge in [-0.15, -0.1) is 0 Å². The van der Waals surface area contributed by atoms with Gasteiger partial charge in [-0.05, 0) is 157 Å². The smallest absolute Gasteiger partial charge is 0.426 e. The Morgan fingerprint density at radius 2 is 0.836 bits per heavy atom. The van der Waals surface area contributed by atoms with E-state index in [1.54, 1.807) is 24.3 Å². The van der Waals surface area contributed by atoms with Crippen molar-refractivity contribution in [2.45, 2.75) is 50.7 Å². The molecule has 0 fully saturated rings. The van der Waals surface area contributed by atoms with Crippen molar-refractivity contribution in [2.75, 3.05) is 37.9 Å². The van der Waals surface area contributed by atoms with E-state index in [-0.39, 0.29) is 37.6 Å². The molecule has 376 valence electrons. The highest BCUT2D eigenvalue weighted by Crippen LogP contribution is 2.35. The Morgan fingerprint density at radius 3 is 1.18 bits per heavy atom. The molecule has 0 radical (unpaired) electrons. The van der Waals surface area contributed by atoms with Gasteiger partial charge in [0, 0.05) is 41.8 Å². The minimum absolute atomic E-state index is 0.0888. The number of unbranched alkanes of at least 4 members (excludes halogenated alkanes) is 2. The summed E-state index contributed by atoms with van der Waals surface area (Å²) in [4.78, 5) is 26.7. The van der Waals surface area contributed by atoms with E-state index < -0.39 is 40.7 Å². The molecule has 0 bridgehead atoms. The number of carbonyl (C=O) groups is 2. The van der Waals surface area contributed by atoms with Crippen LogP contribution < -0.4 is 30.4 Å². The number of hydrogen-bond acceptors (Lipinski definition) is 12. The van der Waals surface area contributed by atoms with Gasteiger partial charge in [-0.25, -0.2) is 9.59 Å².